The summed E-state index contributed by atoms with van der Waals surface area (Å²) in [4.78, 5) is 12.6. The van der Waals surface area contributed by atoms with Crippen LogP contribution in [0.3, 0.4) is 0 Å². The molecule has 1 aliphatic heterocycles. The first-order valence-electron chi connectivity index (χ1n) is 11.2. The second-order valence-corrected chi connectivity index (χ2v) is 21.2. The maximum Gasteiger partial charge on any atom is 0.228 e. The summed E-state index contributed by atoms with van der Waals surface area (Å²) in [7, 11) is -4.39. The van der Waals surface area contributed by atoms with Crippen molar-refractivity contribution in [3.8, 4) is 5.75 Å². The summed E-state index contributed by atoms with van der Waals surface area (Å²) in [6, 6.07) is 9.54. The van der Waals surface area contributed by atoms with Crippen LogP contribution in [0, 0.1) is 0 Å². The molecule has 0 amide bonds. The van der Waals surface area contributed by atoms with Gasteiger partial charge in [0.25, 0.3) is 0 Å². The highest BCUT2D eigenvalue weighted by atomic mass is 28.4. The van der Waals surface area contributed by atoms with E-state index in [1.165, 1.54) is 0 Å². The predicted molar refractivity (Wildman–Crippen MR) is 131 cm³/mol. The largest absolute Gasteiger partial charge is 0.462 e. The average Bonchev–Trinajstić information content (AvgIpc) is 2.91. The van der Waals surface area contributed by atoms with E-state index in [1.54, 1.807) is 6.92 Å². The molecule has 0 radical (unpaired) electrons. The number of hydrogen-bond acceptors (Lipinski definition) is 5. The van der Waals surface area contributed by atoms with Crippen LogP contribution in [0.15, 0.2) is 30.3 Å². The lowest BCUT2D eigenvalue weighted by Gasteiger charge is -2.43. The van der Waals surface area contributed by atoms with Gasteiger partial charge in [-0.1, -0.05) is 59.7 Å². The Bertz CT molecular complexity index is 749. The fraction of sp³-hybridized carbons (Fsp3) is 0.708. The SMILES string of the molecule is CC(=O)C1O[C@@H](Oc2ccccc2)[C@@H](O[Si](C)(C)C(C)(C)C)[C@@H]1O[Si](C)(C)C(C)(C)C. The van der Waals surface area contributed by atoms with E-state index in [4.69, 9.17) is 18.3 Å². The molecule has 2 rings (SSSR count). The molecule has 1 aromatic rings. The Balaban J connectivity index is 2.46. The molecule has 5 nitrogen and oxygen atoms in total. The minimum Gasteiger partial charge on any atom is -0.462 e. The van der Waals surface area contributed by atoms with Gasteiger partial charge in [0.1, 0.15) is 24.1 Å². The van der Waals surface area contributed by atoms with Gasteiger partial charge in [0.05, 0.1) is 0 Å². The van der Waals surface area contributed by atoms with Crippen LogP contribution in [0.1, 0.15) is 48.5 Å². The molecule has 1 saturated heterocycles. The number of benzene rings is 1. The highest BCUT2D eigenvalue weighted by Gasteiger charge is 2.55. The topological polar surface area (TPSA) is 54.0 Å². The molecule has 0 N–H and O–H groups in total. The van der Waals surface area contributed by atoms with Gasteiger partial charge >= 0.3 is 0 Å². The minimum absolute atomic E-state index is 0.000130. The van der Waals surface area contributed by atoms with Crippen LogP contribution in [-0.2, 0) is 18.4 Å². The summed E-state index contributed by atoms with van der Waals surface area (Å²) in [5, 5.41) is -0.00559. The summed E-state index contributed by atoms with van der Waals surface area (Å²) < 4.78 is 26.0. The lowest BCUT2D eigenvalue weighted by atomic mass is 10.1. The number of para-hydroxylation sites is 1. The molecular formula is C24H42O5Si2. The van der Waals surface area contributed by atoms with Crippen LogP contribution < -0.4 is 4.74 Å². The third-order valence-electron chi connectivity index (χ3n) is 7.04. The molecule has 1 aromatic carbocycles. The molecule has 176 valence electrons. The lowest BCUT2D eigenvalue weighted by Crippen LogP contribution is -2.55. The quantitative estimate of drug-likeness (QED) is 0.450. The van der Waals surface area contributed by atoms with Gasteiger partial charge < -0.3 is 18.3 Å². The Morgan fingerprint density at radius 1 is 0.839 bits per heavy atom. The zero-order valence-electron chi connectivity index (χ0n) is 21.2. The highest BCUT2D eigenvalue weighted by Crippen LogP contribution is 2.44. The Labute approximate surface area is 191 Å². The summed E-state index contributed by atoms with van der Waals surface area (Å²) in [6.07, 6.45) is -2.40. The highest BCUT2D eigenvalue weighted by molar-refractivity contribution is 6.74. The van der Waals surface area contributed by atoms with Crippen molar-refractivity contribution in [2.24, 2.45) is 0 Å². The fourth-order valence-electron chi connectivity index (χ4n) is 2.97. The van der Waals surface area contributed by atoms with E-state index in [9.17, 15) is 4.79 Å². The van der Waals surface area contributed by atoms with Crippen molar-refractivity contribution in [3.05, 3.63) is 30.3 Å². The van der Waals surface area contributed by atoms with Crippen molar-refractivity contribution >= 4 is 22.4 Å². The van der Waals surface area contributed by atoms with Gasteiger partial charge in [-0.3, -0.25) is 4.79 Å². The molecular weight excluding hydrogens is 424 g/mol. The molecule has 1 heterocycles. The molecule has 0 aliphatic carbocycles. The summed E-state index contributed by atoms with van der Waals surface area (Å²) >= 11 is 0. The molecule has 7 heteroatoms. The van der Waals surface area contributed by atoms with Crippen LogP contribution >= 0.6 is 0 Å². The third-order valence-corrected chi connectivity index (χ3v) is 16.0. The molecule has 1 unspecified atom stereocenters. The number of carbonyl (C=O) groups is 1. The van der Waals surface area contributed by atoms with E-state index in [2.05, 4.69) is 67.7 Å². The Kier molecular flexibility index (Phi) is 7.71. The fourth-order valence-corrected chi connectivity index (χ4v) is 5.54. The van der Waals surface area contributed by atoms with Crippen molar-refractivity contribution in [1.82, 2.24) is 0 Å². The molecule has 0 spiro atoms. The van der Waals surface area contributed by atoms with E-state index in [0.29, 0.717) is 5.75 Å². The van der Waals surface area contributed by atoms with Gasteiger partial charge in [0.2, 0.25) is 6.29 Å². The van der Waals surface area contributed by atoms with E-state index >= 15 is 0 Å². The predicted octanol–water partition coefficient (Wildman–Crippen LogP) is 6.16. The van der Waals surface area contributed by atoms with E-state index in [-0.39, 0.29) is 15.9 Å². The Morgan fingerprint density at radius 3 is 1.71 bits per heavy atom. The van der Waals surface area contributed by atoms with Crippen molar-refractivity contribution in [3.63, 3.8) is 0 Å². The summed E-state index contributed by atoms with van der Waals surface area (Å²) in [5.74, 6) is 0.623. The van der Waals surface area contributed by atoms with Gasteiger partial charge in [0.15, 0.2) is 22.4 Å². The normalized spacial score (nSPS) is 25.5. The summed E-state index contributed by atoms with van der Waals surface area (Å²) in [6.45, 7) is 23.5. The Morgan fingerprint density at radius 2 is 1.29 bits per heavy atom. The standard InChI is InChI=1S/C24H42O5Si2/c1-17(25)19-20(28-30(8,9)23(2,3)4)21(29-31(10,11)24(5,6)7)22(27-19)26-18-15-13-12-14-16-18/h12-16,19-22H,1-11H3/t19?,20-,21+,22-/m1/s1. The van der Waals surface area contributed by atoms with Gasteiger partial charge in [0, 0.05) is 0 Å². The zero-order chi connectivity index (χ0) is 23.8. The van der Waals surface area contributed by atoms with Gasteiger partial charge in [-0.05, 0) is 55.3 Å². The number of ether oxygens (including phenoxy) is 2. The molecule has 4 atom stereocenters. The maximum atomic E-state index is 12.6. The Hall–Kier alpha value is -0.996. The van der Waals surface area contributed by atoms with Gasteiger partial charge in [-0.2, -0.15) is 0 Å². The first-order valence-corrected chi connectivity index (χ1v) is 17.0. The number of carbonyl (C=O) groups excluding carboxylic acids is 1. The second-order valence-electron chi connectivity index (χ2n) is 11.7. The van der Waals surface area contributed by atoms with Crippen LogP contribution in [0.25, 0.3) is 0 Å². The van der Waals surface area contributed by atoms with Crippen molar-refractivity contribution in [2.75, 3.05) is 0 Å². The smallest absolute Gasteiger partial charge is 0.228 e. The van der Waals surface area contributed by atoms with Crippen LogP contribution in [0.4, 0.5) is 0 Å². The van der Waals surface area contributed by atoms with Crippen LogP contribution in [-0.4, -0.2) is 47.0 Å². The number of rotatable bonds is 7. The van der Waals surface area contributed by atoms with Crippen LogP contribution in [0.5, 0.6) is 5.75 Å². The minimum atomic E-state index is -2.19. The molecule has 0 bridgehead atoms. The van der Waals surface area contributed by atoms with E-state index in [0.717, 1.165) is 0 Å². The van der Waals surface area contributed by atoms with Gasteiger partial charge in [-0.15, -0.1) is 0 Å². The summed E-state index contributed by atoms with van der Waals surface area (Å²) in [5.41, 5.74) is 0. The van der Waals surface area contributed by atoms with Crippen molar-refractivity contribution in [1.29, 1.82) is 0 Å². The molecule has 0 aromatic heterocycles. The number of Topliss-reactive ketones (excluding diaryl/α,β-unsaturated/α-hetero) is 1. The van der Waals surface area contributed by atoms with Gasteiger partial charge in [-0.25, -0.2) is 0 Å². The average molecular weight is 467 g/mol. The van der Waals surface area contributed by atoms with E-state index in [1.807, 2.05) is 30.3 Å². The number of hydrogen-bond donors (Lipinski definition) is 0. The third kappa shape index (κ3) is 6.07. The molecule has 31 heavy (non-hydrogen) atoms. The number of ketones is 1. The van der Waals surface area contributed by atoms with Crippen LogP contribution in [0.2, 0.25) is 36.3 Å². The monoisotopic (exact) mass is 466 g/mol. The van der Waals surface area contributed by atoms with E-state index < -0.39 is 41.2 Å². The molecule has 1 fully saturated rings. The molecule has 1 aliphatic rings. The van der Waals surface area contributed by atoms with Crippen molar-refractivity contribution in [2.45, 2.75) is 109 Å². The zero-order valence-corrected chi connectivity index (χ0v) is 23.2. The second kappa shape index (κ2) is 9.10. The first kappa shape index (κ1) is 26.3. The molecule has 0 saturated carbocycles. The first-order chi connectivity index (χ1) is 14.0. The van der Waals surface area contributed by atoms with Crippen molar-refractivity contribution < 1.29 is 23.1 Å². The maximum absolute atomic E-state index is 12.6. The lowest BCUT2D eigenvalue weighted by molar-refractivity contribution is -0.141.